The van der Waals surface area contributed by atoms with Crippen molar-refractivity contribution in [3.63, 3.8) is 0 Å². The third-order valence-corrected chi connectivity index (χ3v) is 5.17. The quantitative estimate of drug-likeness (QED) is 0.420. The Morgan fingerprint density at radius 1 is 1.23 bits per heavy atom. The van der Waals surface area contributed by atoms with E-state index in [9.17, 15) is 9.18 Å². The molecule has 0 spiro atoms. The minimum absolute atomic E-state index is 0.0971. The second-order valence-electron chi connectivity index (χ2n) is 6.42. The van der Waals surface area contributed by atoms with Gasteiger partial charge < -0.3 is 19.0 Å². The molecule has 4 rings (SSSR count). The molecule has 10 heteroatoms. The Kier molecular flexibility index (Phi) is 6.27. The molecule has 0 aliphatic rings. The van der Waals surface area contributed by atoms with Crippen LogP contribution >= 0.6 is 11.8 Å². The van der Waals surface area contributed by atoms with E-state index in [4.69, 9.17) is 9.15 Å². The lowest BCUT2D eigenvalue weighted by atomic mass is 10.2. The molecule has 1 amide bonds. The number of hydrogen-bond donors (Lipinski definition) is 1. The van der Waals surface area contributed by atoms with Crippen molar-refractivity contribution in [3.8, 4) is 22.9 Å². The number of carbonyl (C=O) groups is 1. The first-order valence-electron chi connectivity index (χ1n) is 9.26. The van der Waals surface area contributed by atoms with E-state index in [0.717, 1.165) is 23.1 Å². The van der Waals surface area contributed by atoms with Crippen molar-refractivity contribution in [1.82, 2.24) is 25.1 Å². The fourth-order valence-corrected chi connectivity index (χ4v) is 3.36. The lowest BCUT2D eigenvalue weighted by Gasteiger charge is -2.08. The molecular weight excluding hydrogens is 421 g/mol. The molecule has 31 heavy (non-hydrogen) atoms. The molecule has 0 aliphatic carbocycles. The number of aromatic nitrogens is 4. The van der Waals surface area contributed by atoms with Crippen molar-refractivity contribution in [1.29, 1.82) is 0 Å². The van der Waals surface area contributed by atoms with Gasteiger partial charge in [0.1, 0.15) is 11.6 Å². The number of imidazole rings is 1. The average Bonchev–Trinajstić information content (AvgIpc) is 3.49. The third-order valence-electron chi connectivity index (χ3n) is 4.35. The van der Waals surface area contributed by atoms with Gasteiger partial charge in [-0.05, 0) is 42.0 Å². The molecule has 0 aliphatic heterocycles. The molecule has 2 aromatic heterocycles. The fourth-order valence-electron chi connectivity index (χ4n) is 2.77. The molecule has 0 saturated heterocycles. The van der Waals surface area contributed by atoms with Crippen LogP contribution in [0.4, 0.5) is 4.39 Å². The topological polar surface area (TPSA) is 95.1 Å². The van der Waals surface area contributed by atoms with E-state index in [-0.39, 0.29) is 23.4 Å². The second-order valence-corrected chi connectivity index (χ2v) is 7.35. The molecule has 158 valence electrons. The lowest BCUT2D eigenvalue weighted by molar-refractivity contribution is -0.118. The minimum Gasteiger partial charge on any atom is -0.497 e. The van der Waals surface area contributed by atoms with Gasteiger partial charge in [0.25, 0.3) is 5.22 Å². The van der Waals surface area contributed by atoms with Crippen LogP contribution in [0.5, 0.6) is 5.75 Å². The van der Waals surface area contributed by atoms with Crippen LogP contribution in [0.1, 0.15) is 5.56 Å². The largest absolute Gasteiger partial charge is 0.497 e. The molecule has 1 N–H and O–H groups in total. The van der Waals surface area contributed by atoms with Gasteiger partial charge in [-0.2, -0.15) is 0 Å². The molecule has 2 heterocycles. The summed E-state index contributed by atoms with van der Waals surface area (Å²) in [5.74, 6) is 0.564. The van der Waals surface area contributed by atoms with Gasteiger partial charge in [0.2, 0.25) is 11.8 Å². The summed E-state index contributed by atoms with van der Waals surface area (Å²) in [5.41, 5.74) is 1.80. The summed E-state index contributed by atoms with van der Waals surface area (Å²) in [6, 6.07) is 12.0. The molecular formula is C21H18FN5O3S. The van der Waals surface area contributed by atoms with Crippen LogP contribution < -0.4 is 10.1 Å². The van der Waals surface area contributed by atoms with Crippen molar-refractivity contribution >= 4 is 17.7 Å². The maximum absolute atomic E-state index is 14.3. The van der Waals surface area contributed by atoms with E-state index in [1.807, 2.05) is 12.1 Å². The molecule has 0 unspecified atom stereocenters. The number of amides is 1. The Morgan fingerprint density at radius 2 is 2.06 bits per heavy atom. The number of ether oxygens (including phenoxy) is 1. The summed E-state index contributed by atoms with van der Waals surface area (Å²) in [4.78, 5) is 16.0. The first-order chi connectivity index (χ1) is 15.1. The number of methoxy groups -OCH3 is 1. The molecule has 0 bridgehead atoms. The smallest absolute Gasteiger partial charge is 0.277 e. The number of nitrogens with zero attached hydrogens (tertiary/aromatic N) is 4. The van der Waals surface area contributed by atoms with Crippen LogP contribution in [0, 0.1) is 5.82 Å². The van der Waals surface area contributed by atoms with Crippen molar-refractivity contribution in [2.45, 2.75) is 11.8 Å². The summed E-state index contributed by atoms with van der Waals surface area (Å²) >= 11 is 1.13. The molecule has 0 atom stereocenters. The zero-order chi connectivity index (χ0) is 21.6. The molecule has 0 radical (unpaired) electrons. The van der Waals surface area contributed by atoms with Gasteiger partial charge in [0.15, 0.2) is 0 Å². The molecule has 0 fully saturated rings. The third kappa shape index (κ3) is 5.10. The predicted octanol–water partition coefficient (Wildman–Crippen LogP) is 3.48. The van der Waals surface area contributed by atoms with Gasteiger partial charge in [-0.25, -0.2) is 9.37 Å². The van der Waals surface area contributed by atoms with E-state index in [1.165, 1.54) is 12.4 Å². The van der Waals surface area contributed by atoms with Crippen LogP contribution in [-0.2, 0) is 11.3 Å². The summed E-state index contributed by atoms with van der Waals surface area (Å²) < 4.78 is 26.6. The number of nitrogens with one attached hydrogen (secondary N) is 1. The predicted molar refractivity (Wildman–Crippen MR) is 112 cm³/mol. The van der Waals surface area contributed by atoms with Gasteiger partial charge in [-0.1, -0.05) is 17.8 Å². The Labute approximate surface area is 181 Å². The van der Waals surface area contributed by atoms with Gasteiger partial charge in [0, 0.05) is 24.5 Å². The highest BCUT2D eigenvalue weighted by molar-refractivity contribution is 7.99. The average molecular weight is 439 g/mol. The Balaban J connectivity index is 1.28. The normalized spacial score (nSPS) is 10.8. The van der Waals surface area contributed by atoms with E-state index in [2.05, 4.69) is 20.5 Å². The van der Waals surface area contributed by atoms with Crippen LogP contribution in [0.2, 0.25) is 0 Å². The van der Waals surface area contributed by atoms with Gasteiger partial charge in [0.05, 0.1) is 24.9 Å². The monoisotopic (exact) mass is 439 g/mol. The van der Waals surface area contributed by atoms with Crippen molar-refractivity contribution in [2.24, 2.45) is 0 Å². The standard InChI is InChI=1S/C21H18FN5O3S/c1-29-16-5-3-15(4-6-16)20-25-26-21(30-20)31-12-19(28)24-11-14-2-7-18(17(22)10-14)27-9-8-23-13-27/h2-10,13H,11-12H2,1H3,(H,24,28). The maximum atomic E-state index is 14.3. The minimum atomic E-state index is -0.393. The molecule has 2 aromatic carbocycles. The maximum Gasteiger partial charge on any atom is 0.277 e. The first-order valence-corrected chi connectivity index (χ1v) is 10.2. The van der Waals surface area contributed by atoms with Crippen LogP contribution in [-0.4, -0.2) is 38.5 Å². The zero-order valence-electron chi connectivity index (χ0n) is 16.5. The van der Waals surface area contributed by atoms with Gasteiger partial charge in [-0.3, -0.25) is 4.79 Å². The lowest BCUT2D eigenvalue weighted by Crippen LogP contribution is -2.24. The van der Waals surface area contributed by atoms with E-state index in [0.29, 0.717) is 17.1 Å². The summed E-state index contributed by atoms with van der Waals surface area (Å²) in [6.07, 6.45) is 4.76. The number of thioether (sulfide) groups is 1. The summed E-state index contributed by atoms with van der Waals surface area (Å²) in [7, 11) is 1.59. The van der Waals surface area contributed by atoms with Crippen LogP contribution in [0.15, 0.2) is 70.8 Å². The highest BCUT2D eigenvalue weighted by Gasteiger charge is 2.12. The summed E-state index contributed by atoms with van der Waals surface area (Å²) in [6.45, 7) is 0.210. The van der Waals surface area contributed by atoms with Crippen molar-refractivity contribution < 1.29 is 18.3 Å². The van der Waals surface area contributed by atoms with E-state index < -0.39 is 5.82 Å². The van der Waals surface area contributed by atoms with Crippen molar-refractivity contribution in [3.05, 3.63) is 72.6 Å². The SMILES string of the molecule is COc1ccc(-c2nnc(SCC(=O)NCc3ccc(-n4ccnc4)c(F)c3)o2)cc1. The number of benzene rings is 2. The number of halogens is 1. The first kappa shape index (κ1) is 20.6. The second kappa shape index (κ2) is 9.43. The Hall–Kier alpha value is -3.66. The highest BCUT2D eigenvalue weighted by Crippen LogP contribution is 2.24. The molecule has 4 aromatic rings. The van der Waals surface area contributed by atoms with Crippen LogP contribution in [0.3, 0.4) is 0 Å². The van der Waals surface area contributed by atoms with Gasteiger partial charge >= 0.3 is 0 Å². The Morgan fingerprint density at radius 3 is 2.77 bits per heavy atom. The van der Waals surface area contributed by atoms with E-state index in [1.54, 1.807) is 48.3 Å². The highest BCUT2D eigenvalue weighted by atomic mass is 32.2. The van der Waals surface area contributed by atoms with Crippen molar-refractivity contribution in [2.75, 3.05) is 12.9 Å². The van der Waals surface area contributed by atoms with Crippen LogP contribution in [0.25, 0.3) is 17.1 Å². The van der Waals surface area contributed by atoms with E-state index >= 15 is 0 Å². The zero-order valence-corrected chi connectivity index (χ0v) is 17.3. The number of rotatable bonds is 8. The fraction of sp³-hybridized carbons (Fsp3) is 0.143. The molecule has 8 nitrogen and oxygen atoms in total. The van der Waals surface area contributed by atoms with Gasteiger partial charge in [-0.15, -0.1) is 10.2 Å². The number of hydrogen-bond acceptors (Lipinski definition) is 7. The number of carbonyl (C=O) groups excluding carboxylic acids is 1. The Bertz CT molecular complexity index is 1160. The summed E-state index contributed by atoms with van der Waals surface area (Å²) in [5, 5.41) is 11.0. The molecule has 0 saturated carbocycles.